The van der Waals surface area contributed by atoms with Crippen LogP contribution in [0.15, 0.2) is 0 Å². The van der Waals surface area contributed by atoms with Gasteiger partial charge < -0.3 is 11.2 Å². The fraction of sp³-hybridized carbons (Fsp3) is 0.333. The predicted octanol–water partition coefficient (Wildman–Crippen LogP) is -2.82. The van der Waals surface area contributed by atoms with Crippen LogP contribution in [0.25, 0.3) is 0 Å². The molecule has 1 nitrogen and oxygen atoms in total. The van der Waals surface area contributed by atoms with E-state index >= 15 is 0 Å². The summed E-state index contributed by atoms with van der Waals surface area (Å²) in [7, 11) is 1.38. The van der Waals surface area contributed by atoms with Crippen LogP contribution in [0.2, 0.25) is 0 Å². The van der Waals surface area contributed by atoms with Gasteiger partial charge in [0, 0.05) is 0 Å². The van der Waals surface area contributed by atoms with Gasteiger partial charge in [-0.1, -0.05) is 0 Å². The SMILES string of the molecule is [C-]#COC.[K+]. The Bertz CT molecular complexity index is 36.6. The average Bonchev–Trinajstić information content (AvgIpc) is 1.37. The molecule has 0 rings (SSSR count). The smallest absolute Gasteiger partial charge is 0.648 e. The van der Waals surface area contributed by atoms with Crippen molar-refractivity contribution in [1.29, 1.82) is 0 Å². The molecule has 0 aromatic carbocycles. The number of methoxy groups -OCH3 is 1. The maximum absolute atomic E-state index is 5.98. The summed E-state index contributed by atoms with van der Waals surface area (Å²) in [6, 6.07) is 0. The van der Waals surface area contributed by atoms with Crippen molar-refractivity contribution < 1.29 is 56.1 Å². The third-order valence-electron chi connectivity index (χ3n) is 0.102. The Morgan fingerprint density at radius 1 is 1.80 bits per heavy atom. The molecule has 0 amide bonds. The summed E-state index contributed by atoms with van der Waals surface area (Å²) >= 11 is 0. The Morgan fingerprint density at radius 3 is 2.00 bits per heavy atom. The summed E-state index contributed by atoms with van der Waals surface area (Å²) in [5, 5.41) is 0. The number of hydrogen-bond acceptors (Lipinski definition) is 1. The first-order chi connectivity index (χ1) is 1.91. The van der Waals surface area contributed by atoms with E-state index in [2.05, 4.69) is 4.74 Å². The van der Waals surface area contributed by atoms with Crippen LogP contribution in [0.5, 0.6) is 0 Å². The van der Waals surface area contributed by atoms with E-state index in [1.165, 1.54) is 7.11 Å². The van der Waals surface area contributed by atoms with Crippen molar-refractivity contribution in [2.45, 2.75) is 0 Å². The van der Waals surface area contributed by atoms with Gasteiger partial charge in [-0.3, -0.25) is 0 Å². The number of rotatable bonds is 0. The molecule has 0 spiro atoms. The van der Waals surface area contributed by atoms with Gasteiger partial charge >= 0.3 is 51.4 Å². The minimum atomic E-state index is 0. The second-order valence-electron chi connectivity index (χ2n) is 0.306. The molecule has 0 aliphatic carbocycles. The van der Waals surface area contributed by atoms with Gasteiger partial charge in [0.15, 0.2) is 0 Å². The van der Waals surface area contributed by atoms with Crippen molar-refractivity contribution in [3.8, 4) is 6.11 Å². The monoisotopic (exact) mass is 94.0 g/mol. The van der Waals surface area contributed by atoms with E-state index in [9.17, 15) is 0 Å². The zero-order valence-corrected chi connectivity index (χ0v) is 6.53. The molecular formula is C3H3KO. The first-order valence-corrected chi connectivity index (χ1v) is 0.862. The predicted molar refractivity (Wildman–Crippen MR) is 14.1 cm³/mol. The van der Waals surface area contributed by atoms with Gasteiger partial charge in [0.2, 0.25) is 0 Å². The summed E-state index contributed by atoms with van der Waals surface area (Å²) in [6.45, 7) is 0. The fourth-order valence-electron chi connectivity index (χ4n) is 0. The second kappa shape index (κ2) is 8.89. The molecule has 0 aromatic heterocycles. The summed E-state index contributed by atoms with van der Waals surface area (Å²) in [5.41, 5.74) is 0. The van der Waals surface area contributed by atoms with Crippen molar-refractivity contribution in [2.75, 3.05) is 7.11 Å². The van der Waals surface area contributed by atoms with Crippen LogP contribution in [0.3, 0.4) is 0 Å². The fourth-order valence-corrected chi connectivity index (χ4v) is 0. The maximum atomic E-state index is 5.98. The van der Waals surface area contributed by atoms with Gasteiger partial charge in [0.25, 0.3) is 0 Å². The molecule has 0 fully saturated rings. The first kappa shape index (κ1) is 9.37. The molecular weight excluding hydrogens is 91.1 g/mol. The summed E-state index contributed by atoms with van der Waals surface area (Å²) in [6.07, 6.45) is 7.66. The third-order valence-corrected chi connectivity index (χ3v) is 0.102. The molecule has 2 heteroatoms. The molecule has 0 saturated heterocycles. The van der Waals surface area contributed by atoms with Gasteiger partial charge in [-0.05, 0) is 0 Å². The molecule has 0 saturated carbocycles. The van der Waals surface area contributed by atoms with Gasteiger partial charge in [0.1, 0.15) is 0 Å². The van der Waals surface area contributed by atoms with Gasteiger partial charge in [-0.2, -0.15) is 6.11 Å². The molecule has 5 heavy (non-hydrogen) atoms. The average molecular weight is 94.2 g/mol. The maximum Gasteiger partial charge on any atom is 1.00 e. The van der Waals surface area contributed by atoms with E-state index < -0.39 is 0 Å². The van der Waals surface area contributed by atoms with E-state index in [-0.39, 0.29) is 51.4 Å². The zero-order chi connectivity index (χ0) is 3.41. The molecule has 0 aliphatic rings. The van der Waals surface area contributed by atoms with Crippen LogP contribution in [-0.2, 0) is 4.74 Å². The van der Waals surface area contributed by atoms with Crippen molar-refractivity contribution in [1.82, 2.24) is 0 Å². The number of hydrogen-bond donors (Lipinski definition) is 0. The van der Waals surface area contributed by atoms with E-state index in [4.69, 9.17) is 6.42 Å². The largest absolute Gasteiger partial charge is 1.00 e. The van der Waals surface area contributed by atoms with Crippen LogP contribution >= 0.6 is 0 Å². The van der Waals surface area contributed by atoms with E-state index in [0.717, 1.165) is 0 Å². The first-order valence-electron chi connectivity index (χ1n) is 0.862. The molecule has 0 aromatic rings. The van der Waals surface area contributed by atoms with E-state index in [0.29, 0.717) is 0 Å². The van der Waals surface area contributed by atoms with Crippen LogP contribution in [0.1, 0.15) is 0 Å². The van der Waals surface area contributed by atoms with Gasteiger partial charge in [0.05, 0.1) is 7.11 Å². The van der Waals surface area contributed by atoms with Crippen LogP contribution < -0.4 is 51.4 Å². The Hall–Kier alpha value is 0.996. The second-order valence-corrected chi connectivity index (χ2v) is 0.306. The molecule has 0 radical (unpaired) electrons. The van der Waals surface area contributed by atoms with Crippen LogP contribution in [-0.4, -0.2) is 7.11 Å². The quantitative estimate of drug-likeness (QED) is 0.179. The molecule has 0 bridgehead atoms. The van der Waals surface area contributed by atoms with Crippen molar-refractivity contribution in [3.63, 3.8) is 0 Å². The standard InChI is InChI=1S/C3H3O.K/c1-3-4-2;/h2H3;/q-1;+1. The third kappa shape index (κ3) is 11.3. The zero-order valence-electron chi connectivity index (χ0n) is 3.41. The Balaban J connectivity index is 0. The molecule has 0 heterocycles. The van der Waals surface area contributed by atoms with Crippen molar-refractivity contribution in [2.24, 2.45) is 0 Å². The van der Waals surface area contributed by atoms with Crippen LogP contribution in [0.4, 0.5) is 0 Å². The molecule has 0 N–H and O–H groups in total. The summed E-state index contributed by atoms with van der Waals surface area (Å²) in [4.78, 5) is 0. The van der Waals surface area contributed by atoms with E-state index in [1.54, 1.807) is 6.11 Å². The molecule has 22 valence electrons. The Kier molecular flexibility index (Phi) is 16.7. The van der Waals surface area contributed by atoms with E-state index in [1.807, 2.05) is 0 Å². The molecule has 0 atom stereocenters. The summed E-state index contributed by atoms with van der Waals surface area (Å²) < 4.78 is 3.96. The van der Waals surface area contributed by atoms with Gasteiger partial charge in [-0.15, -0.1) is 0 Å². The van der Waals surface area contributed by atoms with Crippen LogP contribution in [0, 0.1) is 12.5 Å². The summed E-state index contributed by atoms with van der Waals surface area (Å²) in [5.74, 6) is 0. The Morgan fingerprint density at radius 2 is 2.00 bits per heavy atom. The number of ether oxygens (including phenoxy) is 1. The molecule has 0 aliphatic heterocycles. The van der Waals surface area contributed by atoms with Crippen molar-refractivity contribution in [3.05, 3.63) is 6.42 Å². The Labute approximate surface area is 74.5 Å². The minimum absolute atomic E-state index is 0. The minimum Gasteiger partial charge on any atom is -0.648 e. The van der Waals surface area contributed by atoms with Gasteiger partial charge in [-0.25, -0.2) is 0 Å². The molecule has 0 unspecified atom stereocenters. The topological polar surface area (TPSA) is 9.23 Å². The normalized spacial score (nSPS) is 3.20. The van der Waals surface area contributed by atoms with Crippen molar-refractivity contribution >= 4 is 0 Å².